The minimum absolute atomic E-state index is 0.0183. The second-order valence-electron chi connectivity index (χ2n) is 7.42. The molecular weight excluding hydrogens is 449 g/mol. The number of halogens is 3. The van der Waals surface area contributed by atoms with Gasteiger partial charge in [0.1, 0.15) is 5.75 Å². The largest absolute Gasteiger partial charge is 0.501 e. The highest BCUT2D eigenvalue weighted by Crippen LogP contribution is 2.35. The highest BCUT2D eigenvalue weighted by molar-refractivity contribution is 7.92. The average molecular weight is 470 g/mol. The Kier molecular flexibility index (Phi) is 6.23. The van der Waals surface area contributed by atoms with Gasteiger partial charge in [-0.05, 0) is 49.2 Å². The minimum atomic E-state index is -5.61. The summed E-state index contributed by atoms with van der Waals surface area (Å²) in [6.45, 7) is 3.85. The average Bonchev–Trinajstić information content (AvgIpc) is 3.10. The van der Waals surface area contributed by atoms with Crippen LogP contribution in [0.15, 0.2) is 41.3 Å². The van der Waals surface area contributed by atoms with E-state index in [0.717, 1.165) is 23.3 Å². The number of benzene rings is 2. The fraction of sp³-hybridized carbons (Fsp3) is 0.333. The van der Waals surface area contributed by atoms with E-state index >= 15 is 0 Å². The Morgan fingerprint density at radius 1 is 1.19 bits per heavy atom. The standard InChI is InChI=1S/C21H21F3N2O5S/c1-12-5-4-6-17(13(12)2)26-11-14(9-19(26)27)20(28)25-16-10-15(7-8-18(16)31-3)32(29,30)21(22,23)24/h4-8,10,14H,9,11H2,1-3H3,(H,25,28). The topological polar surface area (TPSA) is 92.8 Å². The number of nitrogens with one attached hydrogen (secondary N) is 1. The first-order valence-corrected chi connectivity index (χ1v) is 11.0. The number of carbonyl (C=O) groups excluding carboxylic acids is 2. The molecule has 0 radical (unpaired) electrons. The van der Waals surface area contributed by atoms with Gasteiger partial charge in [-0.25, -0.2) is 8.42 Å². The number of ether oxygens (including phenoxy) is 1. The van der Waals surface area contributed by atoms with E-state index in [-0.39, 0.29) is 30.3 Å². The molecule has 1 saturated heterocycles. The summed E-state index contributed by atoms with van der Waals surface area (Å²) in [7, 11) is -4.38. The number of hydrogen-bond donors (Lipinski definition) is 1. The molecule has 1 aliphatic rings. The first-order chi connectivity index (χ1) is 14.9. The van der Waals surface area contributed by atoms with Gasteiger partial charge in [0, 0.05) is 18.7 Å². The first-order valence-electron chi connectivity index (χ1n) is 9.53. The number of alkyl halides is 3. The van der Waals surface area contributed by atoms with E-state index in [0.29, 0.717) is 11.8 Å². The normalized spacial score (nSPS) is 16.9. The zero-order valence-electron chi connectivity index (χ0n) is 17.5. The van der Waals surface area contributed by atoms with Gasteiger partial charge in [-0.15, -0.1) is 0 Å². The highest BCUT2D eigenvalue weighted by atomic mass is 32.2. The second-order valence-corrected chi connectivity index (χ2v) is 9.37. The summed E-state index contributed by atoms with van der Waals surface area (Å²) in [4.78, 5) is 25.8. The van der Waals surface area contributed by atoms with Crippen molar-refractivity contribution in [1.82, 2.24) is 0 Å². The summed E-state index contributed by atoms with van der Waals surface area (Å²) < 4.78 is 67.2. The van der Waals surface area contributed by atoms with E-state index in [1.165, 1.54) is 12.0 Å². The Labute approximate surface area is 183 Å². The Morgan fingerprint density at radius 3 is 2.50 bits per heavy atom. The van der Waals surface area contributed by atoms with Crippen molar-refractivity contribution in [1.29, 1.82) is 0 Å². The molecular formula is C21H21F3N2O5S. The van der Waals surface area contributed by atoms with Crippen LogP contribution in [0.2, 0.25) is 0 Å². The Bertz CT molecular complexity index is 1180. The van der Waals surface area contributed by atoms with E-state index in [9.17, 15) is 31.2 Å². The lowest BCUT2D eigenvalue weighted by atomic mass is 10.1. The number of aryl methyl sites for hydroxylation is 1. The van der Waals surface area contributed by atoms with Gasteiger partial charge in [0.25, 0.3) is 9.84 Å². The summed E-state index contributed by atoms with van der Waals surface area (Å²) in [5.41, 5.74) is -3.17. The van der Waals surface area contributed by atoms with Gasteiger partial charge >= 0.3 is 5.51 Å². The minimum Gasteiger partial charge on any atom is -0.495 e. The van der Waals surface area contributed by atoms with Gasteiger partial charge in [-0.2, -0.15) is 13.2 Å². The van der Waals surface area contributed by atoms with Crippen LogP contribution in [0.25, 0.3) is 0 Å². The van der Waals surface area contributed by atoms with Crippen LogP contribution in [0.3, 0.4) is 0 Å². The molecule has 1 atom stereocenters. The van der Waals surface area contributed by atoms with Crippen LogP contribution in [0, 0.1) is 19.8 Å². The second kappa shape index (κ2) is 8.45. The monoisotopic (exact) mass is 470 g/mol. The molecule has 1 heterocycles. The molecule has 2 aromatic rings. The summed E-state index contributed by atoms with van der Waals surface area (Å²) >= 11 is 0. The number of rotatable bonds is 5. The third-order valence-corrected chi connectivity index (χ3v) is 6.89. The summed E-state index contributed by atoms with van der Waals surface area (Å²) in [6.07, 6.45) is -0.0952. The molecule has 1 aliphatic heterocycles. The number of methoxy groups -OCH3 is 1. The molecule has 1 N–H and O–H groups in total. The molecule has 2 aromatic carbocycles. The first kappa shape index (κ1) is 23.6. The molecule has 1 unspecified atom stereocenters. The molecule has 11 heteroatoms. The zero-order valence-corrected chi connectivity index (χ0v) is 18.3. The number of amides is 2. The van der Waals surface area contributed by atoms with Crippen molar-refractivity contribution in [2.24, 2.45) is 5.92 Å². The van der Waals surface area contributed by atoms with E-state index in [1.54, 1.807) is 12.1 Å². The maximum atomic E-state index is 12.9. The number of nitrogens with zero attached hydrogens (tertiary/aromatic N) is 1. The predicted octanol–water partition coefficient (Wildman–Crippen LogP) is 3.60. The SMILES string of the molecule is COc1ccc(S(=O)(=O)C(F)(F)F)cc1NC(=O)C1CC(=O)N(c2cccc(C)c2C)C1. The molecule has 32 heavy (non-hydrogen) atoms. The van der Waals surface area contributed by atoms with Crippen molar-refractivity contribution in [3.8, 4) is 5.75 Å². The molecule has 7 nitrogen and oxygen atoms in total. The van der Waals surface area contributed by atoms with Crippen LogP contribution in [0.1, 0.15) is 17.5 Å². The zero-order chi connectivity index (χ0) is 23.8. The van der Waals surface area contributed by atoms with E-state index in [1.807, 2.05) is 19.9 Å². The van der Waals surface area contributed by atoms with E-state index in [2.05, 4.69) is 5.32 Å². The van der Waals surface area contributed by atoms with Crippen molar-refractivity contribution in [3.63, 3.8) is 0 Å². The molecule has 0 spiro atoms. The lowest BCUT2D eigenvalue weighted by Crippen LogP contribution is -2.29. The number of hydrogen-bond acceptors (Lipinski definition) is 5. The maximum absolute atomic E-state index is 12.9. The Balaban J connectivity index is 1.85. The van der Waals surface area contributed by atoms with Crippen LogP contribution in [-0.2, 0) is 19.4 Å². The summed E-state index contributed by atoms with van der Waals surface area (Å²) in [5, 5.41) is 2.41. The fourth-order valence-electron chi connectivity index (χ4n) is 3.46. The van der Waals surface area contributed by atoms with Crippen LogP contribution >= 0.6 is 0 Å². The molecule has 0 bridgehead atoms. The number of carbonyl (C=O) groups is 2. The molecule has 0 aromatic heterocycles. The van der Waals surface area contributed by atoms with Crippen LogP contribution in [-0.4, -0.2) is 39.4 Å². The van der Waals surface area contributed by atoms with Crippen LogP contribution in [0.4, 0.5) is 24.5 Å². The van der Waals surface area contributed by atoms with Gasteiger partial charge < -0.3 is 15.0 Å². The number of sulfone groups is 1. The van der Waals surface area contributed by atoms with Crippen molar-refractivity contribution in [3.05, 3.63) is 47.5 Å². The van der Waals surface area contributed by atoms with Gasteiger partial charge in [0.05, 0.1) is 23.6 Å². The van der Waals surface area contributed by atoms with E-state index < -0.39 is 32.1 Å². The van der Waals surface area contributed by atoms with Gasteiger partial charge in [0.15, 0.2) is 0 Å². The molecule has 2 amide bonds. The third-order valence-electron chi connectivity index (χ3n) is 5.41. The highest BCUT2D eigenvalue weighted by Gasteiger charge is 2.47. The summed E-state index contributed by atoms with van der Waals surface area (Å²) in [6, 6.07) is 7.94. The molecule has 1 fully saturated rings. The summed E-state index contributed by atoms with van der Waals surface area (Å²) in [5.74, 6) is -1.70. The quantitative estimate of drug-likeness (QED) is 0.721. The predicted molar refractivity (Wildman–Crippen MR) is 111 cm³/mol. The lowest BCUT2D eigenvalue weighted by molar-refractivity contribution is -0.122. The van der Waals surface area contributed by atoms with Gasteiger partial charge in [-0.3, -0.25) is 9.59 Å². The Morgan fingerprint density at radius 2 is 1.88 bits per heavy atom. The van der Waals surface area contributed by atoms with Gasteiger partial charge in [-0.1, -0.05) is 12.1 Å². The number of anilines is 2. The van der Waals surface area contributed by atoms with E-state index in [4.69, 9.17) is 4.74 Å². The Hall–Kier alpha value is -3.08. The third kappa shape index (κ3) is 4.29. The molecule has 3 rings (SSSR count). The van der Waals surface area contributed by atoms with Gasteiger partial charge in [0.2, 0.25) is 11.8 Å². The molecule has 0 aliphatic carbocycles. The molecule has 172 valence electrons. The van der Waals surface area contributed by atoms with Crippen LogP contribution < -0.4 is 15.0 Å². The van der Waals surface area contributed by atoms with Crippen molar-refractivity contribution in [2.45, 2.75) is 30.7 Å². The van der Waals surface area contributed by atoms with Crippen LogP contribution in [0.5, 0.6) is 5.75 Å². The van der Waals surface area contributed by atoms with Crippen molar-refractivity contribution in [2.75, 3.05) is 23.9 Å². The van der Waals surface area contributed by atoms with Crippen molar-refractivity contribution >= 4 is 33.0 Å². The molecule has 0 saturated carbocycles. The maximum Gasteiger partial charge on any atom is 0.501 e. The fourth-order valence-corrected chi connectivity index (χ4v) is 4.25. The van der Waals surface area contributed by atoms with Crippen molar-refractivity contribution < 1.29 is 35.9 Å². The smallest absolute Gasteiger partial charge is 0.495 e. The lowest BCUT2D eigenvalue weighted by Gasteiger charge is -2.20.